The molecule has 0 radical (unpaired) electrons. The molecule has 0 aliphatic carbocycles. The number of hydrogen-bond donors (Lipinski definition) is 1. The molecule has 0 unspecified atom stereocenters. The van der Waals surface area contributed by atoms with Crippen LogP contribution in [0.25, 0.3) is 11.0 Å². The predicted molar refractivity (Wildman–Crippen MR) is 97.6 cm³/mol. The second-order valence-corrected chi connectivity index (χ2v) is 7.10. The van der Waals surface area contributed by atoms with E-state index in [2.05, 4.69) is 36.1 Å². The third-order valence-electron chi connectivity index (χ3n) is 3.84. The standard InChI is InChI=1S/C19H22N4O/c1-19(2,3)11-12-23-16(24)10-9-14-13-20-18(22-17(14)23)21-15-7-5-4-6-8-15/h4-10,13H,11-12H2,1-3H3,(H,20,21,22). The molecule has 0 amide bonds. The topological polar surface area (TPSA) is 59.8 Å². The van der Waals surface area contributed by atoms with E-state index >= 15 is 0 Å². The van der Waals surface area contributed by atoms with Gasteiger partial charge in [0.1, 0.15) is 5.65 Å². The van der Waals surface area contributed by atoms with Crippen LogP contribution >= 0.6 is 0 Å². The van der Waals surface area contributed by atoms with Gasteiger partial charge in [-0.15, -0.1) is 0 Å². The van der Waals surface area contributed by atoms with Crippen molar-refractivity contribution in [3.63, 3.8) is 0 Å². The van der Waals surface area contributed by atoms with Crippen LogP contribution in [0, 0.1) is 5.41 Å². The zero-order valence-corrected chi connectivity index (χ0v) is 14.3. The van der Waals surface area contributed by atoms with Gasteiger partial charge >= 0.3 is 0 Å². The quantitative estimate of drug-likeness (QED) is 0.789. The highest BCUT2D eigenvalue weighted by Crippen LogP contribution is 2.21. The summed E-state index contributed by atoms with van der Waals surface area (Å²) in [5.41, 5.74) is 1.70. The lowest BCUT2D eigenvalue weighted by atomic mass is 9.92. The van der Waals surface area contributed by atoms with Crippen molar-refractivity contribution < 1.29 is 0 Å². The van der Waals surface area contributed by atoms with E-state index in [-0.39, 0.29) is 11.0 Å². The Kier molecular flexibility index (Phi) is 4.34. The number of rotatable bonds is 4. The molecule has 0 saturated carbocycles. The monoisotopic (exact) mass is 322 g/mol. The number of nitrogens with one attached hydrogen (secondary N) is 1. The summed E-state index contributed by atoms with van der Waals surface area (Å²) in [5.74, 6) is 0.490. The van der Waals surface area contributed by atoms with Crippen LogP contribution in [-0.4, -0.2) is 14.5 Å². The number of para-hydroxylation sites is 1. The zero-order chi connectivity index (χ0) is 17.2. The number of benzene rings is 1. The highest BCUT2D eigenvalue weighted by molar-refractivity contribution is 5.75. The summed E-state index contributed by atoms with van der Waals surface area (Å²) in [6.07, 6.45) is 2.65. The lowest BCUT2D eigenvalue weighted by Crippen LogP contribution is -2.23. The molecule has 0 aliphatic rings. The van der Waals surface area contributed by atoms with Gasteiger partial charge in [0, 0.05) is 29.9 Å². The van der Waals surface area contributed by atoms with Gasteiger partial charge in [-0.3, -0.25) is 9.36 Å². The number of nitrogens with zero attached hydrogens (tertiary/aromatic N) is 3. The van der Waals surface area contributed by atoms with E-state index in [1.165, 1.54) is 0 Å². The molecule has 3 aromatic rings. The molecule has 0 atom stereocenters. The molecule has 0 spiro atoms. The summed E-state index contributed by atoms with van der Waals surface area (Å²) in [6, 6.07) is 13.1. The molecule has 0 bridgehead atoms. The fourth-order valence-electron chi connectivity index (χ4n) is 2.45. The van der Waals surface area contributed by atoms with Crippen LogP contribution in [0.3, 0.4) is 0 Å². The molecular formula is C19H22N4O. The van der Waals surface area contributed by atoms with Gasteiger partial charge in [-0.2, -0.15) is 4.98 Å². The smallest absolute Gasteiger partial charge is 0.252 e. The average Bonchev–Trinajstić information content (AvgIpc) is 2.54. The van der Waals surface area contributed by atoms with Crippen molar-refractivity contribution in [1.82, 2.24) is 14.5 Å². The van der Waals surface area contributed by atoms with E-state index in [1.54, 1.807) is 22.9 Å². The Morgan fingerprint density at radius 1 is 1.08 bits per heavy atom. The number of aryl methyl sites for hydroxylation is 1. The van der Waals surface area contributed by atoms with Crippen LogP contribution in [0.1, 0.15) is 27.2 Å². The van der Waals surface area contributed by atoms with Crippen molar-refractivity contribution in [2.45, 2.75) is 33.7 Å². The summed E-state index contributed by atoms with van der Waals surface area (Å²) >= 11 is 0. The van der Waals surface area contributed by atoms with E-state index in [9.17, 15) is 4.79 Å². The highest BCUT2D eigenvalue weighted by Gasteiger charge is 2.13. The third-order valence-corrected chi connectivity index (χ3v) is 3.84. The molecule has 124 valence electrons. The van der Waals surface area contributed by atoms with Crippen LogP contribution < -0.4 is 10.9 Å². The molecule has 0 saturated heterocycles. The first kappa shape index (κ1) is 16.2. The molecule has 1 aromatic carbocycles. The maximum absolute atomic E-state index is 12.3. The van der Waals surface area contributed by atoms with Crippen LogP contribution in [0.5, 0.6) is 0 Å². The molecule has 5 nitrogen and oxygen atoms in total. The first-order chi connectivity index (χ1) is 11.4. The summed E-state index contributed by atoms with van der Waals surface area (Å²) in [6.45, 7) is 7.14. The van der Waals surface area contributed by atoms with Gasteiger partial charge in [0.15, 0.2) is 0 Å². The molecule has 2 aromatic heterocycles. The van der Waals surface area contributed by atoms with E-state index in [4.69, 9.17) is 0 Å². The van der Waals surface area contributed by atoms with Crippen LogP contribution in [0.15, 0.2) is 53.5 Å². The summed E-state index contributed by atoms with van der Waals surface area (Å²) < 4.78 is 1.73. The normalized spacial score (nSPS) is 11.6. The molecule has 3 rings (SSSR count). The second-order valence-electron chi connectivity index (χ2n) is 7.10. The summed E-state index contributed by atoms with van der Waals surface area (Å²) in [4.78, 5) is 21.2. The van der Waals surface area contributed by atoms with Gasteiger partial charge < -0.3 is 5.32 Å². The Labute approximate surface area is 141 Å². The Morgan fingerprint density at radius 3 is 2.54 bits per heavy atom. The molecule has 2 heterocycles. The summed E-state index contributed by atoms with van der Waals surface area (Å²) in [7, 11) is 0. The molecule has 1 N–H and O–H groups in total. The fraction of sp³-hybridized carbons (Fsp3) is 0.316. The first-order valence-electron chi connectivity index (χ1n) is 8.11. The SMILES string of the molecule is CC(C)(C)CCn1c(=O)ccc2cnc(Nc3ccccc3)nc21. The van der Waals surface area contributed by atoms with Crippen molar-refractivity contribution in [1.29, 1.82) is 0 Å². The van der Waals surface area contributed by atoms with E-state index in [0.717, 1.165) is 17.5 Å². The largest absolute Gasteiger partial charge is 0.324 e. The average molecular weight is 322 g/mol. The first-order valence-corrected chi connectivity index (χ1v) is 8.11. The molecule has 5 heteroatoms. The number of pyridine rings is 1. The van der Waals surface area contributed by atoms with Crippen LogP contribution in [0.2, 0.25) is 0 Å². The van der Waals surface area contributed by atoms with Gasteiger partial charge in [0.2, 0.25) is 5.95 Å². The fourth-order valence-corrected chi connectivity index (χ4v) is 2.45. The molecular weight excluding hydrogens is 300 g/mol. The van der Waals surface area contributed by atoms with Gasteiger partial charge in [-0.05, 0) is 30.0 Å². The van der Waals surface area contributed by atoms with Crippen molar-refractivity contribution in [3.8, 4) is 0 Å². The highest BCUT2D eigenvalue weighted by atomic mass is 16.1. The van der Waals surface area contributed by atoms with Crippen molar-refractivity contribution in [2.24, 2.45) is 5.41 Å². The Balaban J connectivity index is 1.99. The molecule has 0 aliphatic heterocycles. The zero-order valence-electron chi connectivity index (χ0n) is 14.3. The van der Waals surface area contributed by atoms with Gasteiger partial charge in [0.05, 0.1) is 0 Å². The van der Waals surface area contributed by atoms with Gasteiger partial charge in [-0.25, -0.2) is 4.98 Å². The Bertz CT molecular complexity index is 895. The number of anilines is 2. The maximum atomic E-state index is 12.3. The Hall–Kier alpha value is -2.69. The van der Waals surface area contributed by atoms with E-state index in [0.29, 0.717) is 18.1 Å². The lowest BCUT2D eigenvalue weighted by Gasteiger charge is -2.19. The molecule has 0 fully saturated rings. The van der Waals surface area contributed by atoms with E-state index < -0.39 is 0 Å². The predicted octanol–water partition coefficient (Wildman–Crippen LogP) is 3.97. The summed E-state index contributed by atoms with van der Waals surface area (Å²) in [5, 5.41) is 4.04. The van der Waals surface area contributed by atoms with Crippen molar-refractivity contribution >= 4 is 22.7 Å². The minimum atomic E-state index is -0.0314. The maximum Gasteiger partial charge on any atom is 0.252 e. The number of fused-ring (bicyclic) bond motifs is 1. The van der Waals surface area contributed by atoms with Gasteiger partial charge in [-0.1, -0.05) is 39.0 Å². The second kappa shape index (κ2) is 6.43. The number of hydrogen-bond acceptors (Lipinski definition) is 4. The van der Waals surface area contributed by atoms with Crippen molar-refractivity contribution in [3.05, 3.63) is 59.0 Å². The van der Waals surface area contributed by atoms with Crippen molar-refractivity contribution in [2.75, 3.05) is 5.32 Å². The van der Waals surface area contributed by atoms with Crippen LogP contribution in [-0.2, 0) is 6.54 Å². The Morgan fingerprint density at radius 2 is 1.83 bits per heavy atom. The minimum absolute atomic E-state index is 0.0314. The number of aromatic nitrogens is 3. The van der Waals surface area contributed by atoms with Crippen LogP contribution in [0.4, 0.5) is 11.6 Å². The third kappa shape index (κ3) is 3.79. The molecule has 24 heavy (non-hydrogen) atoms. The lowest BCUT2D eigenvalue weighted by molar-refractivity contribution is 0.350. The van der Waals surface area contributed by atoms with Gasteiger partial charge in [0.25, 0.3) is 5.56 Å². The van der Waals surface area contributed by atoms with E-state index in [1.807, 2.05) is 30.3 Å². The minimum Gasteiger partial charge on any atom is -0.324 e.